The summed E-state index contributed by atoms with van der Waals surface area (Å²) in [6, 6.07) is 1.85. The summed E-state index contributed by atoms with van der Waals surface area (Å²) in [4.78, 5) is 3.87. The third-order valence-electron chi connectivity index (χ3n) is 2.07. The third-order valence-corrected chi connectivity index (χ3v) is 2.60. The summed E-state index contributed by atoms with van der Waals surface area (Å²) in [5, 5.41) is 9.01. The molecule has 0 aliphatic heterocycles. The van der Waals surface area contributed by atoms with Crippen molar-refractivity contribution in [1.82, 2.24) is 4.98 Å². The Hall–Kier alpha value is -1.22. The number of methoxy groups -OCH3 is 1. The zero-order valence-corrected chi connectivity index (χ0v) is 10.1. The molecule has 1 aromatic heterocycles. The average molecular weight is 291 g/mol. The van der Waals surface area contributed by atoms with Crippen molar-refractivity contribution < 1.29 is 13.5 Å². The molecule has 3 nitrogen and oxygen atoms in total. The predicted octanol–water partition coefficient (Wildman–Crippen LogP) is 2.99. The van der Waals surface area contributed by atoms with Crippen molar-refractivity contribution in [2.45, 2.75) is 18.2 Å². The fourth-order valence-electron chi connectivity index (χ4n) is 1.37. The highest BCUT2D eigenvalue weighted by Gasteiger charge is 2.20. The number of aromatic nitrogens is 1. The molecule has 16 heavy (non-hydrogen) atoms. The summed E-state index contributed by atoms with van der Waals surface area (Å²) in [7, 11) is 1.37. The molecule has 1 aromatic rings. The molecule has 0 unspecified atom stereocenters. The molecule has 0 amide bonds. The van der Waals surface area contributed by atoms with Crippen LogP contribution in [0, 0.1) is 11.3 Å². The average Bonchev–Trinajstić information content (AvgIpc) is 2.28. The van der Waals surface area contributed by atoms with Crippen LogP contribution in [0.4, 0.5) is 8.78 Å². The lowest BCUT2D eigenvalue weighted by Gasteiger charge is -2.13. The molecule has 0 saturated carbocycles. The maximum atomic E-state index is 12.7. The number of pyridine rings is 1. The Morgan fingerprint density at radius 3 is 2.75 bits per heavy atom. The molecular formula is C10H9BrF2N2O. The number of hydrogen-bond donors (Lipinski definition) is 0. The van der Waals surface area contributed by atoms with E-state index < -0.39 is 6.43 Å². The highest BCUT2D eigenvalue weighted by Crippen LogP contribution is 2.32. The van der Waals surface area contributed by atoms with Gasteiger partial charge in [-0.1, -0.05) is 15.9 Å². The molecule has 0 aliphatic rings. The van der Waals surface area contributed by atoms with Gasteiger partial charge < -0.3 is 4.74 Å². The Kier molecular flexibility index (Phi) is 4.62. The van der Waals surface area contributed by atoms with Crippen LogP contribution in [0.2, 0.25) is 0 Å². The molecular weight excluding hydrogens is 282 g/mol. The van der Waals surface area contributed by atoms with E-state index in [0.717, 1.165) is 6.20 Å². The molecule has 1 heterocycles. The van der Waals surface area contributed by atoms with Gasteiger partial charge in [-0.05, 0) is 0 Å². The van der Waals surface area contributed by atoms with Gasteiger partial charge in [0.05, 0.1) is 25.3 Å². The van der Waals surface area contributed by atoms with E-state index in [9.17, 15) is 8.78 Å². The van der Waals surface area contributed by atoms with Crippen LogP contribution in [0.3, 0.4) is 0 Å². The third kappa shape index (κ3) is 2.47. The second-order valence-electron chi connectivity index (χ2n) is 2.94. The first-order valence-corrected chi connectivity index (χ1v) is 5.53. The molecule has 0 atom stereocenters. The number of hydrogen-bond acceptors (Lipinski definition) is 3. The van der Waals surface area contributed by atoms with Gasteiger partial charge in [0, 0.05) is 22.7 Å². The normalized spacial score (nSPS) is 10.2. The van der Waals surface area contributed by atoms with Gasteiger partial charge in [-0.25, -0.2) is 8.78 Å². The lowest BCUT2D eigenvalue weighted by molar-refractivity contribution is 0.149. The van der Waals surface area contributed by atoms with Crippen LogP contribution < -0.4 is 4.74 Å². The van der Waals surface area contributed by atoms with E-state index in [2.05, 4.69) is 20.9 Å². The Labute approximate surface area is 100 Å². The monoisotopic (exact) mass is 290 g/mol. The van der Waals surface area contributed by atoms with Crippen molar-refractivity contribution in [1.29, 1.82) is 5.26 Å². The lowest BCUT2D eigenvalue weighted by Crippen LogP contribution is -2.03. The molecule has 0 aliphatic carbocycles. The second kappa shape index (κ2) is 5.75. The van der Waals surface area contributed by atoms with E-state index in [0.29, 0.717) is 11.0 Å². The standard InChI is InChI=1S/C10H9BrF2N2O/c1-16-9-6(2-3-14)7(10(12)13)5-15-8(9)4-11/h5,10H,2,4H2,1H3. The number of halogens is 3. The Morgan fingerprint density at radius 1 is 1.62 bits per heavy atom. The predicted molar refractivity (Wildman–Crippen MR) is 57.7 cm³/mol. The molecule has 0 N–H and O–H groups in total. The van der Waals surface area contributed by atoms with Crippen molar-refractivity contribution >= 4 is 15.9 Å². The minimum Gasteiger partial charge on any atom is -0.494 e. The van der Waals surface area contributed by atoms with Crippen molar-refractivity contribution in [2.75, 3.05) is 7.11 Å². The molecule has 0 aromatic carbocycles. The minimum atomic E-state index is -2.66. The molecule has 0 fully saturated rings. The van der Waals surface area contributed by atoms with Crippen LogP contribution in [-0.4, -0.2) is 12.1 Å². The van der Waals surface area contributed by atoms with Crippen LogP contribution in [-0.2, 0) is 11.8 Å². The Bertz CT molecular complexity index is 418. The van der Waals surface area contributed by atoms with Crippen molar-refractivity contribution in [2.24, 2.45) is 0 Å². The number of alkyl halides is 3. The minimum absolute atomic E-state index is 0.120. The van der Waals surface area contributed by atoms with E-state index in [4.69, 9.17) is 10.00 Å². The van der Waals surface area contributed by atoms with Gasteiger partial charge in [-0.15, -0.1) is 0 Å². The first-order chi connectivity index (χ1) is 7.65. The largest absolute Gasteiger partial charge is 0.494 e. The van der Waals surface area contributed by atoms with Gasteiger partial charge in [0.25, 0.3) is 6.43 Å². The zero-order valence-electron chi connectivity index (χ0n) is 8.51. The molecule has 0 radical (unpaired) electrons. The quantitative estimate of drug-likeness (QED) is 0.801. The van der Waals surface area contributed by atoms with Gasteiger partial charge >= 0.3 is 0 Å². The first kappa shape index (κ1) is 12.8. The summed E-state index contributed by atoms with van der Waals surface area (Å²) in [6.45, 7) is 0. The highest BCUT2D eigenvalue weighted by atomic mass is 79.9. The van der Waals surface area contributed by atoms with Crippen molar-refractivity contribution in [3.8, 4) is 11.8 Å². The molecule has 0 saturated heterocycles. The van der Waals surface area contributed by atoms with Gasteiger partial charge in [0.1, 0.15) is 5.75 Å². The summed E-state index contributed by atoms with van der Waals surface area (Å²) < 4.78 is 30.4. The van der Waals surface area contributed by atoms with Crippen LogP contribution >= 0.6 is 15.9 Å². The topological polar surface area (TPSA) is 45.9 Å². The summed E-state index contributed by atoms with van der Waals surface area (Å²) in [5.41, 5.74) is 0.477. The summed E-state index contributed by atoms with van der Waals surface area (Å²) in [6.07, 6.45) is -1.68. The second-order valence-corrected chi connectivity index (χ2v) is 3.50. The lowest BCUT2D eigenvalue weighted by atomic mass is 10.1. The van der Waals surface area contributed by atoms with Gasteiger partial charge in [0.15, 0.2) is 0 Å². The van der Waals surface area contributed by atoms with E-state index in [1.54, 1.807) is 0 Å². The maximum Gasteiger partial charge on any atom is 0.265 e. The fraction of sp³-hybridized carbons (Fsp3) is 0.400. The molecule has 0 spiro atoms. The maximum absolute atomic E-state index is 12.7. The van der Waals surface area contributed by atoms with Crippen molar-refractivity contribution in [3.63, 3.8) is 0 Å². The van der Waals surface area contributed by atoms with E-state index in [1.165, 1.54) is 7.11 Å². The van der Waals surface area contributed by atoms with Crippen LogP contribution in [0.1, 0.15) is 23.2 Å². The number of nitriles is 1. The number of ether oxygens (including phenoxy) is 1. The van der Waals surface area contributed by atoms with Crippen LogP contribution in [0.5, 0.6) is 5.75 Å². The number of rotatable bonds is 4. The molecule has 0 bridgehead atoms. The van der Waals surface area contributed by atoms with Gasteiger partial charge in [0.2, 0.25) is 0 Å². The van der Waals surface area contributed by atoms with Crippen LogP contribution in [0.25, 0.3) is 0 Å². The summed E-state index contributed by atoms with van der Waals surface area (Å²) in [5.74, 6) is 0.260. The zero-order chi connectivity index (χ0) is 12.1. The fourth-order valence-corrected chi connectivity index (χ4v) is 1.77. The Balaban J connectivity index is 3.38. The SMILES string of the molecule is COc1c(CBr)ncc(C(F)F)c1CC#N. The highest BCUT2D eigenvalue weighted by molar-refractivity contribution is 9.08. The van der Waals surface area contributed by atoms with E-state index >= 15 is 0 Å². The smallest absolute Gasteiger partial charge is 0.265 e. The first-order valence-electron chi connectivity index (χ1n) is 4.41. The number of nitrogens with zero attached hydrogens (tertiary/aromatic N) is 2. The van der Waals surface area contributed by atoms with Gasteiger partial charge in [-0.3, -0.25) is 4.98 Å². The Morgan fingerprint density at radius 2 is 2.31 bits per heavy atom. The van der Waals surface area contributed by atoms with Crippen molar-refractivity contribution in [3.05, 3.63) is 23.0 Å². The molecule has 6 heteroatoms. The molecule has 86 valence electrons. The van der Waals surface area contributed by atoms with Crippen LogP contribution in [0.15, 0.2) is 6.20 Å². The van der Waals surface area contributed by atoms with E-state index in [1.807, 2.05) is 6.07 Å². The van der Waals surface area contributed by atoms with Gasteiger partial charge in [-0.2, -0.15) is 5.26 Å². The molecule has 1 rings (SSSR count). The summed E-state index contributed by atoms with van der Waals surface area (Å²) >= 11 is 3.18. The van der Waals surface area contributed by atoms with E-state index in [-0.39, 0.29) is 23.3 Å².